The summed E-state index contributed by atoms with van der Waals surface area (Å²) in [5, 5.41) is 0. The van der Waals surface area contributed by atoms with Gasteiger partial charge in [0.2, 0.25) is 15.9 Å². The van der Waals surface area contributed by atoms with Gasteiger partial charge in [0.25, 0.3) is 0 Å². The molecule has 2 heterocycles. The van der Waals surface area contributed by atoms with Crippen LogP contribution >= 0.6 is 0 Å². The highest BCUT2D eigenvalue weighted by Gasteiger charge is 2.27. The topological polar surface area (TPSA) is 101 Å². The van der Waals surface area contributed by atoms with Crippen LogP contribution in [0.2, 0.25) is 0 Å². The zero-order valence-corrected chi connectivity index (χ0v) is 19.1. The first kappa shape index (κ1) is 23.1. The molecule has 2 aromatic carbocycles. The van der Waals surface area contributed by atoms with E-state index in [0.29, 0.717) is 26.1 Å². The molecule has 0 bridgehead atoms. The number of anilines is 1. The van der Waals surface area contributed by atoms with Gasteiger partial charge in [-0.15, -0.1) is 0 Å². The molecule has 0 unspecified atom stereocenters. The van der Waals surface area contributed by atoms with Crippen LogP contribution in [0.5, 0.6) is 0 Å². The summed E-state index contributed by atoms with van der Waals surface area (Å²) in [4.78, 5) is 38.6. The van der Waals surface area contributed by atoms with E-state index in [1.54, 1.807) is 29.2 Å². The van der Waals surface area contributed by atoms with Gasteiger partial charge in [-0.3, -0.25) is 9.59 Å². The van der Waals surface area contributed by atoms with Crippen LogP contribution in [-0.4, -0.2) is 56.6 Å². The van der Waals surface area contributed by atoms with E-state index in [-0.39, 0.29) is 21.9 Å². The number of carbonyl (C=O) groups is 3. The van der Waals surface area contributed by atoms with Crippen molar-refractivity contribution in [1.29, 1.82) is 0 Å². The summed E-state index contributed by atoms with van der Waals surface area (Å²) in [5.74, 6) is -1.00. The Balaban J connectivity index is 1.33. The first-order valence-corrected chi connectivity index (χ1v) is 12.5. The van der Waals surface area contributed by atoms with Gasteiger partial charge >= 0.3 is 5.97 Å². The van der Waals surface area contributed by atoms with Crippen molar-refractivity contribution in [2.45, 2.75) is 37.0 Å². The predicted molar refractivity (Wildman–Crippen MR) is 122 cm³/mol. The number of hydrogen-bond donors (Lipinski definition) is 0. The van der Waals surface area contributed by atoms with Crippen LogP contribution in [0.25, 0.3) is 0 Å². The normalized spacial score (nSPS) is 17.2. The van der Waals surface area contributed by atoms with Gasteiger partial charge in [-0.25, -0.2) is 13.2 Å². The van der Waals surface area contributed by atoms with Gasteiger partial charge in [-0.1, -0.05) is 0 Å². The van der Waals surface area contributed by atoms with Gasteiger partial charge < -0.3 is 9.64 Å². The fraction of sp³-hybridized carbons (Fsp3) is 0.375. The fourth-order valence-electron chi connectivity index (χ4n) is 4.04. The summed E-state index contributed by atoms with van der Waals surface area (Å²) in [7, 11) is -3.55. The maximum absolute atomic E-state index is 12.6. The molecule has 2 aromatic rings. The number of carbonyl (C=O) groups excluding carboxylic acids is 3. The molecule has 0 radical (unpaired) electrons. The van der Waals surface area contributed by atoms with E-state index in [2.05, 4.69) is 0 Å². The molecule has 2 saturated heterocycles. The maximum atomic E-state index is 12.6. The molecule has 2 aliphatic rings. The number of piperidine rings is 1. The highest BCUT2D eigenvalue weighted by atomic mass is 32.2. The van der Waals surface area contributed by atoms with Crippen LogP contribution in [0.1, 0.15) is 52.8 Å². The predicted octanol–water partition coefficient (Wildman–Crippen LogP) is 3.03. The standard InChI is InChI=1S/C24H26N2O6S/c27-22(18-8-12-21(13-9-18)33(30,31)25-14-3-4-15-25)17-32-24(29)19-6-10-20(11-7-19)26-16-2-1-5-23(26)28/h6-13H,1-5,14-17H2. The summed E-state index contributed by atoms with van der Waals surface area (Å²) >= 11 is 0. The number of Topliss-reactive ketones (excluding diaryl/α,β-unsaturated/α-hetero) is 1. The smallest absolute Gasteiger partial charge is 0.338 e. The molecule has 0 N–H and O–H groups in total. The van der Waals surface area contributed by atoms with Gasteiger partial charge in [-0.05, 0) is 74.2 Å². The molecule has 2 fully saturated rings. The Morgan fingerprint density at radius 3 is 2.06 bits per heavy atom. The second-order valence-electron chi connectivity index (χ2n) is 8.18. The number of sulfonamides is 1. The van der Waals surface area contributed by atoms with Gasteiger partial charge in [0.1, 0.15) is 0 Å². The second-order valence-corrected chi connectivity index (χ2v) is 10.1. The number of benzene rings is 2. The Bertz CT molecular complexity index is 1140. The summed E-state index contributed by atoms with van der Waals surface area (Å²) in [5.41, 5.74) is 1.28. The number of esters is 1. The molecular formula is C24H26N2O6S. The average Bonchev–Trinajstić information content (AvgIpc) is 3.39. The molecular weight excluding hydrogens is 444 g/mol. The fourth-order valence-corrected chi connectivity index (χ4v) is 5.56. The van der Waals surface area contributed by atoms with Gasteiger partial charge in [-0.2, -0.15) is 4.31 Å². The van der Waals surface area contributed by atoms with E-state index in [1.165, 1.54) is 28.6 Å². The molecule has 4 rings (SSSR count). The van der Waals surface area contributed by atoms with Crippen molar-refractivity contribution in [3.05, 3.63) is 59.7 Å². The Labute approximate surface area is 193 Å². The van der Waals surface area contributed by atoms with Crippen LogP contribution in [0.4, 0.5) is 5.69 Å². The average molecular weight is 471 g/mol. The van der Waals surface area contributed by atoms with E-state index in [1.807, 2.05) is 0 Å². The summed E-state index contributed by atoms with van der Waals surface area (Å²) < 4.78 is 31.7. The van der Waals surface area contributed by atoms with Crippen LogP contribution in [0.15, 0.2) is 53.4 Å². The summed E-state index contributed by atoms with van der Waals surface area (Å²) in [6, 6.07) is 12.2. The largest absolute Gasteiger partial charge is 0.454 e. The minimum atomic E-state index is -3.55. The first-order chi connectivity index (χ1) is 15.9. The highest BCUT2D eigenvalue weighted by Crippen LogP contribution is 2.23. The molecule has 0 atom stereocenters. The molecule has 2 aliphatic heterocycles. The molecule has 0 aromatic heterocycles. The van der Waals surface area contributed by atoms with Crippen LogP contribution in [-0.2, 0) is 19.6 Å². The highest BCUT2D eigenvalue weighted by molar-refractivity contribution is 7.89. The van der Waals surface area contributed by atoms with Crippen molar-refractivity contribution >= 4 is 33.4 Å². The van der Waals surface area contributed by atoms with Crippen molar-refractivity contribution in [1.82, 2.24) is 4.31 Å². The van der Waals surface area contributed by atoms with Gasteiger partial charge in [0.05, 0.1) is 10.5 Å². The van der Waals surface area contributed by atoms with Crippen LogP contribution in [0, 0.1) is 0 Å². The molecule has 8 nitrogen and oxygen atoms in total. The Morgan fingerprint density at radius 1 is 0.818 bits per heavy atom. The molecule has 0 spiro atoms. The molecule has 9 heteroatoms. The number of rotatable bonds is 7. The first-order valence-electron chi connectivity index (χ1n) is 11.1. The number of nitrogens with zero attached hydrogens (tertiary/aromatic N) is 2. The molecule has 1 amide bonds. The minimum absolute atomic E-state index is 0.0708. The number of ketones is 1. The van der Waals surface area contributed by atoms with E-state index in [0.717, 1.165) is 31.4 Å². The van der Waals surface area contributed by atoms with Gasteiger partial charge in [0, 0.05) is 37.3 Å². The van der Waals surface area contributed by atoms with Crippen molar-refractivity contribution in [2.24, 2.45) is 0 Å². The van der Waals surface area contributed by atoms with Crippen molar-refractivity contribution in [3.8, 4) is 0 Å². The van der Waals surface area contributed by atoms with E-state index >= 15 is 0 Å². The third-order valence-corrected chi connectivity index (χ3v) is 7.86. The Kier molecular flexibility index (Phi) is 6.90. The maximum Gasteiger partial charge on any atom is 0.338 e. The van der Waals surface area contributed by atoms with E-state index in [4.69, 9.17) is 4.74 Å². The lowest BCUT2D eigenvalue weighted by molar-refractivity contribution is -0.119. The monoisotopic (exact) mass is 470 g/mol. The van der Waals surface area contributed by atoms with Crippen molar-refractivity contribution < 1.29 is 27.5 Å². The lowest BCUT2D eigenvalue weighted by atomic mass is 10.1. The minimum Gasteiger partial charge on any atom is -0.454 e. The van der Waals surface area contributed by atoms with Gasteiger partial charge in [0.15, 0.2) is 12.4 Å². The SMILES string of the molecule is O=C(COC(=O)c1ccc(N2CCCCC2=O)cc1)c1ccc(S(=O)(=O)N2CCCC2)cc1. The summed E-state index contributed by atoms with van der Waals surface area (Å²) in [6.07, 6.45) is 4.06. The molecule has 0 saturated carbocycles. The van der Waals surface area contributed by atoms with Crippen molar-refractivity contribution in [3.63, 3.8) is 0 Å². The Hall–Kier alpha value is -3.04. The zero-order chi connectivity index (χ0) is 23.4. The van der Waals surface area contributed by atoms with Crippen molar-refractivity contribution in [2.75, 3.05) is 31.1 Å². The third-order valence-electron chi connectivity index (χ3n) is 5.95. The number of amides is 1. The molecule has 174 valence electrons. The summed E-state index contributed by atoms with van der Waals surface area (Å²) in [6.45, 7) is 1.22. The lowest BCUT2D eigenvalue weighted by Gasteiger charge is -2.26. The van der Waals surface area contributed by atoms with E-state index < -0.39 is 28.4 Å². The van der Waals surface area contributed by atoms with Crippen LogP contribution < -0.4 is 4.90 Å². The third kappa shape index (κ3) is 5.15. The number of hydrogen-bond acceptors (Lipinski definition) is 6. The second kappa shape index (κ2) is 9.84. The number of ether oxygens (including phenoxy) is 1. The molecule has 0 aliphatic carbocycles. The Morgan fingerprint density at radius 2 is 1.42 bits per heavy atom. The van der Waals surface area contributed by atoms with E-state index in [9.17, 15) is 22.8 Å². The van der Waals surface area contributed by atoms with Crippen LogP contribution in [0.3, 0.4) is 0 Å². The zero-order valence-electron chi connectivity index (χ0n) is 18.2. The lowest BCUT2D eigenvalue weighted by Crippen LogP contribution is -2.35. The quantitative estimate of drug-likeness (QED) is 0.455. The molecule has 33 heavy (non-hydrogen) atoms.